The van der Waals surface area contributed by atoms with Crippen LogP contribution in [0, 0.1) is 0 Å². The zero-order valence-electron chi connectivity index (χ0n) is 12.2. The van der Waals surface area contributed by atoms with Crippen LogP contribution in [0.3, 0.4) is 0 Å². The fourth-order valence-corrected chi connectivity index (χ4v) is 3.48. The van der Waals surface area contributed by atoms with E-state index >= 15 is 0 Å². The number of benzene rings is 1. The standard InChI is InChI=1S/C17H22O4/c18-16(19)13-5-4-6-14(11-13)20-12-15-7-10-17(21-15)8-2-1-3-9-17/h4-6,11,15H,1-3,7-10,12H2,(H,18,19). The normalized spacial score (nSPS) is 24.1. The van der Waals surface area contributed by atoms with E-state index in [1.54, 1.807) is 24.3 Å². The molecule has 0 amide bonds. The average Bonchev–Trinajstić information content (AvgIpc) is 2.89. The van der Waals surface area contributed by atoms with E-state index in [1.165, 1.54) is 32.1 Å². The Kier molecular flexibility index (Phi) is 4.15. The fraction of sp³-hybridized carbons (Fsp3) is 0.588. The number of carboxylic acid groups (broad SMARTS) is 1. The summed E-state index contributed by atoms with van der Waals surface area (Å²) in [6.07, 6.45) is 8.54. The van der Waals surface area contributed by atoms with Crippen LogP contribution in [0.1, 0.15) is 55.3 Å². The van der Waals surface area contributed by atoms with Gasteiger partial charge in [0.15, 0.2) is 0 Å². The molecule has 4 nitrogen and oxygen atoms in total. The van der Waals surface area contributed by atoms with Crippen molar-refractivity contribution in [3.63, 3.8) is 0 Å². The molecule has 0 aromatic heterocycles. The zero-order chi connectivity index (χ0) is 14.7. The van der Waals surface area contributed by atoms with Crippen molar-refractivity contribution in [2.24, 2.45) is 0 Å². The van der Waals surface area contributed by atoms with Gasteiger partial charge in [0, 0.05) is 0 Å². The maximum absolute atomic E-state index is 10.9. The lowest BCUT2D eigenvalue weighted by Gasteiger charge is -2.33. The molecule has 1 unspecified atom stereocenters. The van der Waals surface area contributed by atoms with Crippen LogP contribution >= 0.6 is 0 Å². The zero-order valence-corrected chi connectivity index (χ0v) is 12.2. The van der Waals surface area contributed by atoms with Crippen molar-refractivity contribution in [1.29, 1.82) is 0 Å². The quantitative estimate of drug-likeness (QED) is 0.919. The van der Waals surface area contributed by atoms with E-state index in [9.17, 15) is 4.79 Å². The van der Waals surface area contributed by atoms with Gasteiger partial charge >= 0.3 is 5.97 Å². The Morgan fingerprint density at radius 1 is 1.29 bits per heavy atom. The third kappa shape index (κ3) is 3.38. The topological polar surface area (TPSA) is 55.8 Å². The molecular weight excluding hydrogens is 268 g/mol. The van der Waals surface area contributed by atoms with Gasteiger partial charge in [-0.05, 0) is 43.9 Å². The van der Waals surface area contributed by atoms with Crippen LogP contribution in [0.15, 0.2) is 24.3 Å². The molecule has 21 heavy (non-hydrogen) atoms. The minimum Gasteiger partial charge on any atom is -0.491 e. The maximum Gasteiger partial charge on any atom is 0.335 e. The smallest absolute Gasteiger partial charge is 0.335 e. The van der Waals surface area contributed by atoms with Crippen LogP contribution in [0.25, 0.3) is 0 Å². The number of rotatable bonds is 4. The lowest BCUT2D eigenvalue weighted by Crippen LogP contribution is -2.32. The molecule has 1 aromatic carbocycles. The second kappa shape index (κ2) is 6.06. The highest BCUT2D eigenvalue weighted by Gasteiger charge is 2.40. The minimum absolute atomic E-state index is 0.106. The van der Waals surface area contributed by atoms with Gasteiger partial charge in [-0.3, -0.25) is 0 Å². The predicted octanol–water partition coefficient (Wildman–Crippen LogP) is 3.65. The van der Waals surface area contributed by atoms with Gasteiger partial charge in [0.05, 0.1) is 17.3 Å². The molecule has 0 radical (unpaired) electrons. The van der Waals surface area contributed by atoms with E-state index in [0.717, 1.165) is 12.8 Å². The summed E-state index contributed by atoms with van der Waals surface area (Å²) in [5, 5.41) is 8.97. The molecule has 1 atom stereocenters. The number of aromatic carboxylic acids is 1. The van der Waals surface area contributed by atoms with Gasteiger partial charge in [0.1, 0.15) is 12.4 Å². The average molecular weight is 290 g/mol. The first-order valence-electron chi connectivity index (χ1n) is 7.81. The van der Waals surface area contributed by atoms with Crippen molar-refractivity contribution in [1.82, 2.24) is 0 Å². The molecule has 1 aliphatic heterocycles. The molecule has 1 heterocycles. The van der Waals surface area contributed by atoms with Crippen molar-refractivity contribution in [3.8, 4) is 5.75 Å². The minimum atomic E-state index is -0.932. The van der Waals surface area contributed by atoms with Crippen LogP contribution in [0.4, 0.5) is 0 Å². The SMILES string of the molecule is O=C(O)c1cccc(OCC2CCC3(CCCCC3)O2)c1. The Morgan fingerprint density at radius 2 is 2.10 bits per heavy atom. The number of ether oxygens (including phenoxy) is 2. The monoisotopic (exact) mass is 290 g/mol. The van der Waals surface area contributed by atoms with Crippen molar-refractivity contribution < 1.29 is 19.4 Å². The van der Waals surface area contributed by atoms with Gasteiger partial charge in [-0.1, -0.05) is 25.3 Å². The molecule has 1 spiro atoms. The van der Waals surface area contributed by atoms with E-state index in [0.29, 0.717) is 12.4 Å². The van der Waals surface area contributed by atoms with Gasteiger partial charge in [0.25, 0.3) is 0 Å². The first kappa shape index (κ1) is 14.4. The van der Waals surface area contributed by atoms with Gasteiger partial charge in [-0.2, -0.15) is 0 Å². The van der Waals surface area contributed by atoms with Crippen LogP contribution in [-0.2, 0) is 4.74 Å². The highest BCUT2D eigenvalue weighted by atomic mass is 16.6. The molecule has 3 rings (SSSR count). The molecule has 1 aromatic rings. The Bertz CT molecular complexity index is 505. The summed E-state index contributed by atoms with van der Waals surface area (Å²) < 4.78 is 12.0. The number of carbonyl (C=O) groups is 1. The first-order chi connectivity index (χ1) is 10.2. The fourth-order valence-electron chi connectivity index (χ4n) is 3.48. The van der Waals surface area contributed by atoms with E-state index in [-0.39, 0.29) is 17.3 Å². The molecule has 1 saturated heterocycles. The Morgan fingerprint density at radius 3 is 2.86 bits per heavy atom. The maximum atomic E-state index is 10.9. The summed E-state index contributed by atoms with van der Waals surface area (Å²) in [5.41, 5.74) is 0.360. The second-order valence-electron chi connectivity index (χ2n) is 6.17. The van der Waals surface area contributed by atoms with E-state index in [4.69, 9.17) is 14.6 Å². The van der Waals surface area contributed by atoms with Crippen molar-refractivity contribution in [2.75, 3.05) is 6.61 Å². The highest BCUT2D eigenvalue weighted by Crippen LogP contribution is 2.41. The third-order valence-electron chi connectivity index (χ3n) is 4.62. The van der Waals surface area contributed by atoms with Crippen LogP contribution in [0.5, 0.6) is 5.75 Å². The molecule has 114 valence electrons. The van der Waals surface area contributed by atoms with E-state index in [1.807, 2.05) is 0 Å². The summed E-state index contributed by atoms with van der Waals surface area (Å²) in [6, 6.07) is 6.63. The summed E-state index contributed by atoms with van der Waals surface area (Å²) in [4.78, 5) is 10.9. The van der Waals surface area contributed by atoms with Gasteiger partial charge < -0.3 is 14.6 Å². The molecule has 1 aliphatic carbocycles. The summed E-state index contributed by atoms with van der Waals surface area (Å²) >= 11 is 0. The van der Waals surface area contributed by atoms with Crippen LogP contribution in [-0.4, -0.2) is 29.4 Å². The molecule has 1 N–H and O–H groups in total. The molecule has 2 fully saturated rings. The molecule has 0 bridgehead atoms. The van der Waals surface area contributed by atoms with Gasteiger partial charge in [-0.25, -0.2) is 4.79 Å². The summed E-state index contributed by atoms with van der Waals surface area (Å²) in [6.45, 7) is 0.505. The molecule has 4 heteroatoms. The van der Waals surface area contributed by atoms with Crippen molar-refractivity contribution in [2.45, 2.75) is 56.7 Å². The van der Waals surface area contributed by atoms with Gasteiger partial charge in [0.2, 0.25) is 0 Å². The largest absolute Gasteiger partial charge is 0.491 e. The Balaban J connectivity index is 1.54. The van der Waals surface area contributed by atoms with Gasteiger partial charge in [-0.15, -0.1) is 0 Å². The molecular formula is C17H22O4. The van der Waals surface area contributed by atoms with E-state index in [2.05, 4.69) is 0 Å². The summed E-state index contributed by atoms with van der Waals surface area (Å²) in [7, 11) is 0. The number of carboxylic acids is 1. The van der Waals surface area contributed by atoms with Crippen molar-refractivity contribution >= 4 is 5.97 Å². The summed E-state index contributed by atoms with van der Waals surface area (Å²) in [5.74, 6) is -0.332. The predicted molar refractivity (Wildman–Crippen MR) is 78.8 cm³/mol. The first-order valence-corrected chi connectivity index (χ1v) is 7.81. The van der Waals surface area contributed by atoms with Crippen LogP contribution < -0.4 is 4.74 Å². The van der Waals surface area contributed by atoms with E-state index < -0.39 is 5.97 Å². The number of hydrogen-bond acceptors (Lipinski definition) is 3. The van der Waals surface area contributed by atoms with Crippen LogP contribution in [0.2, 0.25) is 0 Å². The Hall–Kier alpha value is -1.55. The third-order valence-corrected chi connectivity index (χ3v) is 4.62. The lowest BCUT2D eigenvalue weighted by atomic mass is 9.83. The Labute approximate surface area is 125 Å². The highest BCUT2D eigenvalue weighted by molar-refractivity contribution is 5.87. The molecule has 2 aliphatic rings. The number of hydrogen-bond donors (Lipinski definition) is 1. The lowest BCUT2D eigenvalue weighted by molar-refractivity contribution is -0.0748. The molecule has 1 saturated carbocycles. The van der Waals surface area contributed by atoms with Crippen molar-refractivity contribution in [3.05, 3.63) is 29.8 Å². The second-order valence-corrected chi connectivity index (χ2v) is 6.17.